The first-order chi connectivity index (χ1) is 14.2. The average Bonchev–Trinajstić information content (AvgIpc) is 2.72. The average molecular weight is 416 g/mol. The van der Waals surface area contributed by atoms with Crippen LogP contribution in [0, 0.1) is 0 Å². The summed E-state index contributed by atoms with van der Waals surface area (Å²) in [5.41, 5.74) is 0. The lowest BCUT2D eigenvalue weighted by Crippen LogP contribution is -2.33. The molecule has 0 unspecified atom stereocenters. The number of amides is 1. The van der Waals surface area contributed by atoms with Gasteiger partial charge < -0.3 is 19.9 Å². The predicted octanol–water partition coefficient (Wildman–Crippen LogP) is 6.37. The van der Waals surface area contributed by atoms with E-state index >= 15 is 0 Å². The minimum Gasteiger partial charge on any atom is -0.441 e. The minimum atomic E-state index is -0.581. The molecule has 0 aliphatic heterocycles. The number of alkyl carbamates (subject to hydrolysis) is 1. The van der Waals surface area contributed by atoms with Crippen LogP contribution in [0.15, 0.2) is 0 Å². The smallest absolute Gasteiger partial charge is 0.407 e. The molecule has 29 heavy (non-hydrogen) atoms. The second-order valence-corrected chi connectivity index (χ2v) is 8.12. The van der Waals surface area contributed by atoms with Gasteiger partial charge in [-0.15, -0.1) is 0 Å². The zero-order valence-electron chi connectivity index (χ0n) is 19.4. The van der Waals surface area contributed by atoms with Crippen LogP contribution in [0.1, 0.15) is 117 Å². The fourth-order valence-corrected chi connectivity index (χ4v) is 3.43. The summed E-state index contributed by atoms with van der Waals surface area (Å²) >= 11 is 0. The maximum absolute atomic E-state index is 11.3. The van der Waals surface area contributed by atoms with Crippen molar-refractivity contribution in [3.05, 3.63) is 0 Å². The van der Waals surface area contributed by atoms with Crippen LogP contribution in [-0.2, 0) is 9.47 Å². The number of unbranched alkanes of at least 4 members (excludes halogenated alkanes) is 15. The van der Waals surface area contributed by atoms with Crippen LogP contribution in [0.2, 0.25) is 0 Å². The summed E-state index contributed by atoms with van der Waals surface area (Å²) in [4.78, 5) is 11.3. The van der Waals surface area contributed by atoms with Gasteiger partial charge in [-0.2, -0.15) is 0 Å². The van der Waals surface area contributed by atoms with Crippen LogP contribution in [-0.4, -0.2) is 43.7 Å². The molecule has 1 atom stereocenters. The van der Waals surface area contributed by atoms with Crippen molar-refractivity contribution in [1.29, 1.82) is 0 Å². The molecule has 0 spiro atoms. The number of nitrogens with one attached hydrogen (secondary N) is 1. The fourth-order valence-electron chi connectivity index (χ4n) is 3.43. The molecule has 0 aliphatic rings. The normalized spacial score (nSPS) is 12.1. The maximum atomic E-state index is 11.3. The Labute approximate surface area is 180 Å². The molecule has 0 aromatic carbocycles. The summed E-state index contributed by atoms with van der Waals surface area (Å²) in [6.07, 6.45) is 20.6. The van der Waals surface area contributed by atoms with Gasteiger partial charge in [0.1, 0.15) is 6.10 Å². The van der Waals surface area contributed by atoms with E-state index < -0.39 is 12.2 Å². The van der Waals surface area contributed by atoms with Gasteiger partial charge in [0.15, 0.2) is 0 Å². The number of carbonyl (C=O) groups excluding carboxylic acids is 1. The molecule has 0 bridgehead atoms. The summed E-state index contributed by atoms with van der Waals surface area (Å²) in [5, 5.41) is 11.7. The molecule has 0 heterocycles. The number of rotatable bonds is 22. The Morgan fingerprint density at radius 1 is 0.759 bits per heavy atom. The molecule has 1 amide bonds. The second-order valence-electron chi connectivity index (χ2n) is 8.12. The first-order valence-electron chi connectivity index (χ1n) is 12.4. The van der Waals surface area contributed by atoms with Gasteiger partial charge in [-0.25, -0.2) is 4.79 Å². The highest BCUT2D eigenvalue weighted by molar-refractivity contribution is 5.67. The quantitative estimate of drug-likeness (QED) is 0.202. The van der Waals surface area contributed by atoms with E-state index in [0.29, 0.717) is 13.2 Å². The molecule has 0 aliphatic carbocycles. The third kappa shape index (κ3) is 21.7. The van der Waals surface area contributed by atoms with E-state index in [0.717, 1.165) is 6.42 Å². The highest BCUT2D eigenvalue weighted by Crippen LogP contribution is 2.13. The zero-order chi connectivity index (χ0) is 21.4. The molecule has 2 N–H and O–H groups in total. The summed E-state index contributed by atoms with van der Waals surface area (Å²) in [5.74, 6) is 0. The van der Waals surface area contributed by atoms with Crippen molar-refractivity contribution in [2.24, 2.45) is 0 Å². The van der Waals surface area contributed by atoms with Crippen molar-refractivity contribution in [3.63, 3.8) is 0 Å². The maximum Gasteiger partial charge on any atom is 0.407 e. The molecule has 0 fully saturated rings. The van der Waals surface area contributed by atoms with Gasteiger partial charge in [0, 0.05) is 13.2 Å². The second kappa shape index (κ2) is 23.5. The first-order valence-corrected chi connectivity index (χ1v) is 12.4. The highest BCUT2D eigenvalue weighted by atomic mass is 16.6. The van der Waals surface area contributed by atoms with Gasteiger partial charge in [-0.1, -0.05) is 103 Å². The minimum absolute atomic E-state index is 0.212. The number of hydrogen-bond donors (Lipinski definition) is 2. The lowest BCUT2D eigenvalue weighted by molar-refractivity contribution is -0.00746. The molecular weight excluding hydrogens is 366 g/mol. The molecule has 0 saturated heterocycles. The zero-order valence-corrected chi connectivity index (χ0v) is 19.4. The van der Waals surface area contributed by atoms with Crippen LogP contribution in [0.25, 0.3) is 0 Å². The van der Waals surface area contributed by atoms with Crippen LogP contribution < -0.4 is 5.32 Å². The highest BCUT2D eigenvalue weighted by Gasteiger charge is 2.12. The van der Waals surface area contributed by atoms with Gasteiger partial charge in [0.05, 0.1) is 13.2 Å². The van der Waals surface area contributed by atoms with Crippen molar-refractivity contribution >= 4 is 6.09 Å². The molecular formula is C24H49NO4. The molecule has 0 radical (unpaired) electrons. The van der Waals surface area contributed by atoms with E-state index in [1.807, 2.05) is 6.92 Å². The Bertz CT molecular complexity index is 339. The molecule has 0 rings (SSSR count). The summed E-state index contributed by atoms with van der Waals surface area (Å²) < 4.78 is 10.6. The predicted molar refractivity (Wildman–Crippen MR) is 121 cm³/mol. The van der Waals surface area contributed by atoms with Gasteiger partial charge in [0.25, 0.3) is 0 Å². The van der Waals surface area contributed by atoms with Crippen molar-refractivity contribution in [2.45, 2.75) is 123 Å². The van der Waals surface area contributed by atoms with Gasteiger partial charge in [-0.3, -0.25) is 0 Å². The lowest BCUT2D eigenvalue weighted by atomic mass is 10.0. The third-order valence-electron chi connectivity index (χ3n) is 5.24. The molecule has 5 heteroatoms. The van der Waals surface area contributed by atoms with Crippen LogP contribution in [0.5, 0.6) is 0 Å². The van der Waals surface area contributed by atoms with Gasteiger partial charge in [0.2, 0.25) is 0 Å². The van der Waals surface area contributed by atoms with Crippen molar-refractivity contribution in [2.75, 3.05) is 26.4 Å². The Morgan fingerprint density at radius 3 is 1.62 bits per heavy atom. The van der Waals surface area contributed by atoms with Crippen molar-refractivity contribution in [1.82, 2.24) is 5.32 Å². The Kier molecular flexibility index (Phi) is 22.8. The summed E-state index contributed by atoms with van der Waals surface area (Å²) in [6.45, 7) is 5.31. The van der Waals surface area contributed by atoms with E-state index in [9.17, 15) is 9.90 Å². The molecule has 174 valence electrons. The SMILES string of the molecule is CCCCCCCCCCCCCCCCCCOC[C@H](CO)OC(=O)NCC. The first kappa shape index (κ1) is 28.2. The number of carbonyl (C=O) groups is 1. The Morgan fingerprint density at radius 2 is 1.21 bits per heavy atom. The van der Waals surface area contributed by atoms with E-state index in [1.54, 1.807) is 0 Å². The number of aliphatic hydroxyl groups excluding tert-OH is 1. The topological polar surface area (TPSA) is 67.8 Å². The number of hydrogen-bond acceptors (Lipinski definition) is 4. The molecule has 0 saturated carbocycles. The monoisotopic (exact) mass is 415 g/mol. The van der Waals surface area contributed by atoms with Crippen LogP contribution in [0.3, 0.4) is 0 Å². The molecule has 0 aromatic rings. The van der Waals surface area contributed by atoms with E-state index in [2.05, 4.69) is 12.2 Å². The fraction of sp³-hybridized carbons (Fsp3) is 0.958. The summed E-state index contributed by atoms with van der Waals surface area (Å²) in [6, 6.07) is 0. The van der Waals surface area contributed by atoms with Crippen molar-refractivity contribution in [3.8, 4) is 0 Å². The lowest BCUT2D eigenvalue weighted by Gasteiger charge is -2.15. The van der Waals surface area contributed by atoms with E-state index in [-0.39, 0.29) is 13.2 Å². The van der Waals surface area contributed by atoms with Gasteiger partial charge >= 0.3 is 6.09 Å². The summed E-state index contributed by atoms with van der Waals surface area (Å²) in [7, 11) is 0. The van der Waals surface area contributed by atoms with E-state index in [1.165, 1.54) is 96.3 Å². The van der Waals surface area contributed by atoms with Crippen LogP contribution >= 0.6 is 0 Å². The number of aliphatic hydroxyl groups is 1. The van der Waals surface area contributed by atoms with Gasteiger partial charge in [-0.05, 0) is 13.3 Å². The Hall–Kier alpha value is -0.810. The molecule has 0 aromatic heterocycles. The largest absolute Gasteiger partial charge is 0.441 e. The standard InChI is InChI=1S/C24H49NO4/c1-3-5-6-7-8-9-10-11-12-13-14-15-16-17-18-19-20-28-22-23(21-26)29-24(27)25-4-2/h23,26H,3-22H2,1-2H3,(H,25,27)/t23-/m0/s1. The van der Waals surface area contributed by atoms with Crippen molar-refractivity contribution < 1.29 is 19.4 Å². The Balaban J connectivity index is 3.22. The number of ether oxygens (including phenoxy) is 2. The molecule has 5 nitrogen and oxygen atoms in total. The van der Waals surface area contributed by atoms with E-state index in [4.69, 9.17) is 9.47 Å². The van der Waals surface area contributed by atoms with Crippen LogP contribution in [0.4, 0.5) is 4.79 Å². The third-order valence-corrected chi connectivity index (χ3v) is 5.24.